The highest BCUT2D eigenvalue weighted by Gasteiger charge is 2.09. The number of hydrogen-bond acceptors (Lipinski definition) is 3. The van der Waals surface area contributed by atoms with Crippen molar-refractivity contribution in [2.45, 2.75) is 19.9 Å². The fourth-order valence-electron chi connectivity index (χ4n) is 1.40. The van der Waals surface area contributed by atoms with Gasteiger partial charge in [-0.2, -0.15) is 0 Å². The van der Waals surface area contributed by atoms with Crippen molar-refractivity contribution in [1.82, 2.24) is 10.6 Å². The molecule has 0 radical (unpaired) electrons. The molecule has 0 aromatic heterocycles. The minimum absolute atomic E-state index is 0.0149. The monoisotopic (exact) mass is 314 g/mol. The second-order valence-corrected chi connectivity index (χ2v) is 4.79. The lowest BCUT2D eigenvalue weighted by atomic mass is 10.3. The van der Waals surface area contributed by atoms with Crippen LogP contribution in [0.1, 0.15) is 13.8 Å². The molecule has 1 atom stereocenters. The molecule has 0 bridgehead atoms. The Labute approximate surface area is 116 Å². The maximum atomic E-state index is 11.4. The zero-order valence-corrected chi connectivity index (χ0v) is 12.3. The lowest BCUT2D eigenvalue weighted by molar-refractivity contribution is -0.122. The van der Waals surface area contributed by atoms with Crippen molar-refractivity contribution in [2.75, 3.05) is 19.7 Å². The molecule has 0 aliphatic rings. The summed E-state index contributed by atoms with van der Waals surface area (Å²) in [6.07, 6.45) is 0. The lowest BCUT2D eigenvalue weighted by Gasteiger charge is -2.13. The third-order valence-electron chi connectivity index (χ3n) is 2.38. The maximum Gasteiger partial charge on any atom is 0.236 e. The van der Waals surface area contributed by atoms with E-state index in [4.69, 9.17) is 4.74 Å². The number of halogens is 1. The lowest BCUT2D eigenvalue weighted by Crippen LogP contribution is -2.43. The number of hydrogen-bond donors (Lipinski definition) is 2. The third-order valence-corrected chi connectivity index (χ3v) is 2.91. The summed E-state index contributed by atoms with van der Waals surface area (Å²) in [5.74, 6) is 0.840. The SMILES string of the molecule is CCNC(=O)C(C)NCCOc1ccc(Br)cc1. The van der Waals surface area contributed by atoms with Crippen LogP contribution < -0.4 is 15.4 Å². The van der Waals surface area contributed by atoms with Gasteiger partial charge in [-0.3, -0.25) is 4.79 Å². The molecule has 0 heterocycles. The normalized spacial score (nSPS) is 11.9. The van der Waals surface area contributed by atoms with E-state index in [0.717, 1.165) is 10.2 Å². The molecule has 0 fully saturated rings. The van der Waals surface area contributed by atoms with Crippen LogP contribution in [-0.2, 0) is 4.79 Å². The van der Waals surface area contributed by atoms with E-state index in [1.54, 1.807) is 0 Å². The Balaban J connectivity index is 2.18. The molecule has 0 aliphatic heterocycles. The molecule has 100 valence electrons. The van der Waals surface area contributed by atoms with Crippen LogP contribution in [0.2, 0.25) is 0 Å². The molecule has 1 rings (SSSR count). The van der Waals surface area contributed by atoms with Gasteiger partial charge in [0.1, 0.15) is 12.4 Å². The average molecular weight is 315 g/mol. The number of benzene rings is 1. The predicted molar refractivity (Wildman–Crippen MR) is 75.8 cm³/mol. The first-order chi connectivity index (χ1) is 8.63. The van der Waals surface area contributed by atoms with Crippen LogP contribution in [0.5, 0.6) is 5.75 Å². The van der Waals surface area contributed by atoms with E-state index >= 15 is 0 Å². The summed E-state index contributed by atoms with van der Waals surface area (Å²) < 4.78 is 6.56. The van der Waals surface area contributed by atoms with Gasteiger partial charge in [-0.05, 0) is 38.1 Å². The van der Waals surface area contributed by atoms with E-state index in [0.29, 0.717) is 19.7 Å². The van der Waals surface area contributed by atoms with Gasteiger partial charge in [0.2, 0.25) is 5.91 Å². The zero-order valence-electron chi connectivity index (χ0n) is 10.7. The Morgan fingerprint density at radius 2 is 2.06 bits per heavy atom. The van der Waals surface area contributed by atoms with Crippen LogP contribution >= 0.6 is 15.9 Å². The Morgan fingerprint density at radius 1 is 1.39 bits per heavy atom. The van der Waals surface area contributed by atoms with Gasteiger partial charge in [0.15, 0.2) is 0 Å². The maximum absolute atomic E-state index is 11.4. The number of carbonyl (C=O) groups excluding carboxylic acids is 1. The minimum Gasteiger partial charge on any atom is -0.492 e. The van der Waals surface area contributed by atoms with E-state index in [1.807, 2.05) is 38.1 Å². The molecule has 2 N–H and O–H groups in total. The van der Waals surface area contributed by atoms with Gasteiger partial charge in [-0.1, -0.05) is 15.9 Å². The third kappa shape index (κ3) is 5.51. The summed E-state index contributed by atoms with van der Waals surface area (Å²) >= 11 is 3.36. The highest BCUT2D eigenvalue weighted by molar-refractivity contribution is 9.10. The van der Waals surface area contributed by atoms with Crippen LogP contribution in [0, 0.1) is 0 Å². The number of rotatable bonds is 7. The minimum atomic E-state index is -0.196. The molecule has 18 heavy (non-hydrogen) atoms. The highest BCUT2D eigenvalue weighted by atomic mass is 79.9. The van der Waals surface area contributed by atoms with Crippen LogP contribution in [0.3, 0.4) is 0 Å². The molecule has 1 amide bonds. The Morgan fingerprint density at radius 3 is 2.67 bits per heavy atom. The average Bonchev–Trinajstić information content (AvgIpc) is 2.36. The largest absolute Gasteiger partial charge is 0.492 e. The number of likely N-dealkylation sites (N-methyl/N-ethyl adjacent to an activating group) is 1. The standard InChI is InChI=1S/C13H19BrN2O2/c1-3-15-13(17)10(2)16-8-9-18-12-6-4-11(14)5-7-12/h4-7,10,16H,3,8-9H2,1-2H3,(H,15,17). The van der Waals surface area contributed by atoms with E-state index < -0.39 is 0 Å². The number of nitrogens with one attached hydrogen (secondary N) is 2. The first kappa shape index (κ1) is 15.0. The highest BCUT2D eigenvalue weighted by Crippen LogP contribution is 2.15. The summed E-state index contributed by atoms with van der Waals surface area (Å²) in [7, 11) is 0. The quantitative estimate of drug-likeness (QED) is 0.756. The first-order valence-corrected chi connectivity index (χ1v) is 6.82. The van der Waals surface area contributed by atoms with Crippen molar-refractivity contribution in [3.8, 4) is 5.75 Å². The molecule has 1 aromatic carbocycles. The van der Waals surface area contributed by atoms with Crippen LogP contribution in [-0.4, -0.2) is 31.6 Å². The molecule has 0 aliphatic carbocycles. The Kier molecular flexibility index (Phi) is 6.75. The van der Waals surface area contributed by atoms with Crippen molar-refractivity contribution in [3.05, 3.63) is 28.7 Å². The number of amides is 1. The molecular weight excluding hydrogens is 296 g/mol. The molecule has 0 spiro atoms. The van der Waals surface area contributed by atoms with Gasteiger partial charge < -0.3 is 15.4 Å². The van der Waals surface area contributed by atoms with E-state index in [2.05, 4.69) is 26.6 Å². The second-order valence-electron chi connectivity index (χ2n) is 3.87. The summed E-state index contributed by atoms with van der Waals surface area (Å²) in [5, 5.41) is 5.87. The van der Waals surface area contributed by atoms with Crippen molar-refractivity contribution < 1.29 is 9.53 Å². The van der Waals surface area contributed by atoms with Gasteiger partial charge in [0.25, 0.3) is 0 Å². The van der Waals surface area contributed by atoms with Gasteiger partial charge in [-0.25, -0.2) is 0 Å². The van der Waals surface area contributed by atoms with Crippen molar-refractivity contribution in [2.24, 2.45) is 0 Å². The predicted octanol–water partition coefficient (Wildman–Crippen LogP) is 1.94. The molecule has 1 unspecified atom stereocenters. The summed E-state index contributed by atoms with van der Waals surface area (Å²) in [6.45, 7) is 5.56. The Bertz CT molecular complexity index is 368. The van der Waals surface area contributed by atoms with E-state index in [-0.39, 0.29) is 11.9 Å². The zero-order chi connectivity index (χ0) is 13.4. The summed E-state index contributed by atoms with van der Waals surface area (Å²) in [6, 6.07) is 7.47. The number of ether oxygens (including phenoxy) is 1. The molecule has 5 heteroatoms. The van der Waals surface area contributed by atoms with Crippen molar-refractivity contribution >= 4 is 21.8 Å². The molecule has 4 nitrogen and oxygen atoms in total. The van der Waals surface area contributed by atoms with Crippen LogP contribution in [0.25, 0.3) is 0 Å². The fraction of sp³-hybridized carbons (Fsp3) is 0.462. The molecule has 1 aromatic rings. The van der Waals surface area contributed by atoms with Crippen LogP contribution in [0.4, 0.5) is 0 Å². The summed E-state index contributed by atoms with van der Waals surface area (Å²) in [5.41, 5.74) is 0. The van der Waals surface area contributed by atoms with E-state index in [9.17, 15) is 4.79 Å². The molecule has 0 saturated heterocycles. The van der Waals surface area contributed by atoms with Gasteiger partial charge in [-0.15, -0.1) is 0 Å². The van der Waals surface area contributed by atoms with Crippen molar-refractivity contribution in [1.29, 1.82) is 0 Å². The smallest absolute Gasteiger partial charge is 0.236 e. The molecular formula is C13H19BrN2O2. The summed E-state index contributed by atoms with van der Waals surface area (Å²) in [4.78, 5) is 11.4. The van der Waals surface area contributed by atoms with Gasteiger partial charge >= 0.3 is 0 Å². The molecule has 0 saturated carbocycles. The Hall–Kier alpha value is -1.07. The van der Waals surface area contributed by atoms with Crippen LogP contribution in [0.15, 0.2) is 28.7 Å². The van der Waals surface area contributed by atoms with E-state index in [1.165, 1.54) is 0 Å². The second kappa shape index (κ2) is 8.11. The topological polar surface area (TPSA) is 50.4 Å². The fourth-order valence-corrected chi connectivity index (χ4v) is 1.66. The van der Waals surface area contributed by atoms with Gasteiger partial charge in [0, 0.05) is 17.6 Å². The number of carbonyl (C=O) groups is 1. The van der Waals surface area contributed by atoms with Crippen molar-refractivity contribution in [3.63, 3.8) is 0 Å². The first-order valence-electron chi connectivity index (χ1n) is 6.03. The van der Waals surface area contributed by atoms with Gasteiger partial charge in [0.05, 0.1) is 6.04 Å².